The number of carbonyl (C=O) groups excluding carboxylic acids is 1. The minimum absolute atomic E-state index is 0.0110. The van der Waals surface area contributed by atoms with Crippen LogP contribution >= 0.6 is 0 Å². The van der Waals surface area contributed by atoms with Gasteiger partial charge in [-0.25, -0.2) is 4.98 Å². The number of hydrogen-bond donors (Lipinski definition) is 1. The number of H-pyrrole nitrogens is 1. The normalized spacial score (nSPS) is 18.7. The number of aromatic amines is 1. The van der Waals surface area contributed by atoms with Gasteiger partial charge in [0.15, 0.2) is 0 Å². The number of aromatic nitrogens is 2. The molecule has 2 aromatic rings. The third-order valence-electron chi connectivity index (χ3n) is 4.29. The lowest BCUT2D eigenvalue weighted by molar-refractivity contribution is -0.137. The SMILES string of the molecule is CC(C)N1C[C@@H](c2ncc(-c3ccc(C(F)(F)F)cc3)[nH]2)CC1=O. The molecule has 0 saturated carbocycles. The van der Waals surface area contributed by atoms with E-state index in [9.17, 15) is 18.0 Å². The first-order valence-electron chi connectivity index (χ1n) is 7.77. The molecule has 3 rings (SSSR count). The summed E-state index contributed by atoms with van der Waals surface area (Å²) in [4.78, 5) is 21.3. The number of rotatable bonds is 3. The summed E-state index contributed by atoms with van der Waals surface area (Å²) in [6.45, 7) is 4.54. The van der Waals surface area contributed by atoms with Crippen molar-refractivity contribution >= 4 is 5.91 Å². The van der Waals surface area contributed by atoms with Gasteiger partial charge in [-0.15, -0.1) is 0 Å². The second-order valence-electron chi connectivity index (χ2n) is 6.30. The van der Waals surface area contributed by atoms with Crippen molar-refractivity contribution in [3.8, 4) is 11.3 Å². The Kier molecular flexibility index (Phi) is 4.11. The lowest BCUT2D eigenvalue weighted by Crippen LogP contribution is -2.31. The number of nitrogens with one attached hydrogen (secondary N) is 1. The second kappa shape index (κ2) is 5.96. The fourth-order valence-electron chi connectivity index (χ4n) is 2.94. The molecule has 0 radical (unpaired) electrons. The summed E-state index contributed by atoms with van der Waals surface area (Å²) in [7, 11) is 0. The molecule has 0 spiro atoms. The van der Waals surface area contributed by atoms with Gasteiger partial charge in [-0.1, -0.05) is 12.1 Å². The number of likely N-dealkylation sites (tertiary alicyclic amines) is 1. The van der Waals surface area contributed by atoms with E-state index in [4.69, 9.17) is 0 Å². The van der Waals surface area contributed by atoms with Gasteiger partial charge in [0.1, 0.15) is 5.82 Å². The number of imidazole rings is 1. The maximum Gasteiger partial charge on any atom is 0.416 e. The van der Waals surface area contributed by atoms with Crippen LogP contribution in [0.1, 0.15) is 37.6 Å². The van der Waals surface area contributed by atoms with Gasteiger partial charge in [-0.3, -0.25) is 4.79 Å². The molecule has 2 heterocycles. The van der Waals surface area contributed by atoms with Crippen LogP contribution in [0, 0.1) is 0 Å². The van der Waals surface area contributed by atoms with Crippen molar-refractivity contribution in [2.24, 2.45) is 0 Å². The summed E-state index contributed by atoms with van der Waals surface area (Å²) in [6, 6.07) is 5.08. The van der Waals surface area contributed by atoms with E-state index in [2.05, 4.69) is 9.97 Å². The molecule has 1 amide bonds. The number of halogens is 3. The zero-order chi connectivity index (χ0) is 17.5. The molecule has 1 atom stereocenters. The summed E-state index contributed by atoms with van der Waals surface area (Å²) in [5.41, 5.74) is 0.598. The summed E-state index contributed by atoms with van der Waals surface area (Å²) < 4.78 is 37.8. The number of hydrogen-bond acceptors (Lipinski definition) is 2. The van der Waals surface area contributed by atoms with E-state index in [1.807, 2.05) is 18.7 Å². The van der Waals surface area contributed by atoms with Crippen LogP contribution in [0.25, 0.3) is 11.3 Å². The highest BCUT2D eigenvalue weighted by molar-refractivity contribution is 5.79. The molecular formula is C17H18F3N3O. The van der Waals surface area contributed by atoms with E-state index in [-0.39, 0.29) is 17.9 Å². The fraction of sp³-hybridized carbons (Fsp3) is 0.412. The van der Waals surface area contributed by atoms with Gasteiger partial charge < -0.3 is 9.88 Å². The molecule has 1 aromatic heterocycles. The largest absolute Gasteiger partial charge is 0.416 e. The molecule has 1 aliphatic heterocycles. The van der Waals surface area contributed by atoms with Crippen LogP contribution in [-0.4, -0.2) is 33.4 Å². The molecule has 1 N–H and O–H groups in total. The van der Waals surface area contributed by atoms with Crippen molar-refractivity contribution in [3.63, 3.8) is 0 Å². The Morgan fingerprint density at radius 3 is 2.46 bits per heavy atom. The van der Waals surface area contributed by atoms with Gasteiger partial charge in [0.25, 0.3) is 0 Å². The third-order valence-corrected chi connectivity index (χ3v) is 4.29. The average molecular weight is 337 g/mol. The molecular weight excluding hydrogens is 319 g/mol. The van der Waals surface area contributed by atoms with Crippen LogP contribution in [0.3, 0.4) is 0 Å². The van der Waals surface area contributed by atoms with Crippen molar-refractivity contribution in [1.82, 2.24) is 14.9 Å². The highest BCUT2D eigenvalue weighted by Crippen LogP contribution is 2.32. The number of carbonyl (C=O) groups is 1. The minimum atomic E-state index is -4.35. The predicted molar refractivity (Wildman–Crippen MR) is 83.2 cm³/mol. The van der Waals surface area contributed by atoms with Crippen LogP contribution in [0.15, 0.2) is 30.5 Å². The van der Waals surface area contributed by atoms with Gasteiger partial charge in [0.05, 0.1) is 17.5 Å². The van der Waals surface area contributed by atoms with E-state index in [0.717, 1.165) is 12.1 Å². The van der Waals surface area contributed by atoms with Crippen LogP contribution in [-0.2, 0) is 11.0 Å². The molecule has 1 fully saturated rings. The maximum atomic E-state index is 12.6. The van der Waals surface area contributed by atoms with Gasteiger partial charge in [0, 0.05) is 24.9 Å². The van der Waals surface area contributed by atoms with Crippen LogP contribution in [0.4, 0.5) is 13.2 Å². The van der Waals surface area contributed by atoms with Crippen molar-refractivity contribution < 1.29 is 18.0 Å². The summed E-state index contributed by atoms with van der Waals surface area (Å²) >= 11 is 0. The Labute approximate surface area is 137 Å². The highest BCUT2D eigenvalue weighted by Gasteiger charge is 2.34. The van der Waals surface area contributed by atoms with Crippen molar-refractivity contribution in [2.45, 2.75) is 38.4 Å². The maximum absolute atomic E-state index is 12.6. The zero-order valence-electron chi connectivity index (χ0n) is 13.4. The third kappa shape index (κ3) is 3.16. The van der Waals surface area contributed by atoms with Crippen LogP contribution in [0.5, 0.6) is 0 Å². The molecule has 128 valence electrons. The number of alkyl halides is 3. The zero-order valence-corrected chi connectivity index (χ0v) is 13.4. The first-order chi connectivity index (χ1) is 11.3. The Bertz CT molecular complexity index is 734. The van der Waals surface area contributed by atoms with Gasteiger partial charge >= 0.3 is 6.18 Å². The molecule has 7 heteroatoms. The molecule has 0 bridgehead atoms. The molecule has 1 aliphatic rings. The van der Waals surface area contributed by atoms with Crippen molar-refractivity contribution in [1.29, 1.82) is 0 Å². The van der Waals surface area contributed by atoms with Crippen molar-refractivity contribution in [3.05, 3.63) is 41.9 Å². The second-order valence-corrected chi connectivity index (χ2v) is 6.30. The lowest BCUT2D eigenvalue weighted by Gasteiger charge is -2.20. The van der Waals surface area contributed by atoms with E-state index in [1.54, 1.807) is 6.20 Å². The Hall–Kier alpha value is -2.31. The summed E-state index contributed by atoms with van der Waals surface area (Å²) in [5.74, 6) is 0.784. The van der Waals surface area contributed by atoms with Gasteiger partial charge in [0.2, 0.25) is 5.91 Å². The smallest absolute Gasteiger partial charge is 0.342 e. The lowest BCUT2D eigenvalue weighted by atomic mass is 10.1. The Balaban J connectivity index is 1.78. The number of benzene rings is 1. The predicted octanol–water partition coefficient (Wildman–Crippen LogP) is 3.82. The average Bonchev–Trinajstić information content (AvgIpc) is 3.13. The molecule has 0 unspecified atom stereocenters. The van der Waals surface area contributed by atoms with Crippen molar-refractivity contribution in [2.75, 3.05) is 6.54 Å². The van der Waals surface area contributed by atoms with E-state index in [1.165, 1.54) is 12.1 Å². The standard InChI is InChI=1S/C17H18F3N3O/c1-10(2)23-9-12(7-15(23)24)16-21-8-14(22-16)11-3-5-13(6-4-11)17(18,19)20/h3-6,8,10,12H,7,9H2,1-2H3,(H,21,22)/t12-/m0/s1. The molecule has 24 heavy (non-hydrogen) atoms. The molecule has 0 aliphatic carbocycles. The summed E-state index contributed by atoms with van der Waals surface area (Å²) in [6.07, 6.45) is -2.35. The Morgan fingerprint density at radius 2 is 1.92 bits per heavy atom. The molecule has 1 aromatic carbocycles. The van der Waals surface area contributed by atoms with Gasteiger partial charge in [-0.05, 0) is 31.5 Å². The van der Waals surface area contributed by atoms with Crippen LogP contribution in [0.2, 0.25) is 0 Å². The quantitative estimate of drug-likeness (QED) is 0.926. The number of amides is 1. The monoisotopic (exact) mass is 337 g/mol. The molecule has 1 saturated heterocycles. The minimum Gasteiger partial charge on any atom is -0.342 e. The number of nitrogens with zero attached hydrogens (tertiary/aromatic N) is 2. The summed E-state index contributed by atoms with van der Waals surface area (Å²) in [5, 5.41) is 0. The van der Waals surface area contributed by atoms with Crippen LogP contribution < -0.4 is 0 Å². The highest BCUT2D eigenvalue weighted by atomic mass is 19.4. The van der Waals surface area contributed by atoms with E-state index >= 15 is 0 Å². The van der Waals surface area contributed by atoms with Gasteiger partial charge in [-0.2, -0.15) is 13.2 Å². The topological polar surface area (TPSA) is 49.0 Å². The van der Waals surface area contributed by atoms with E-state index < -0.39 is 11.7 Å². The van der Waals surface area contributed by atoms with E-state index in [0.29, 0.717) is 30.0 Å². The fourth-order valence-corrected chi connectivity index (χ4v) is 2.94. The molecule has 4 nitrogen and oxygen atoms in total. The first kappa shape index (κ1) is 16.5. The first-order valence-corrected chi connectivity index (χ1v) is 7.77. The Morgan fingerprint density at radius 1 is 1.25 bits per heavy atom.